The van der Waals surface area contributed by atoms with Crippen LogP contribution < -0.4 is 16.4 Å². The van der Waals surface area contributed by atoms with Crippen LogP contribution in [0.1, 0.15) is 48.9 Å². The molecular formula is C16H27IN4O2S. The Bertz CT molecular complexity index is 548. The van der Waals surface area contributed by atoms with Gasteiger partial charge >= 0.3 is 0 Å². The van der Waals surface area contributed by atoms with Crippen molar-refractivity contribution < 1.29 is 9.21 Å². The summed E-state index contributed by atoms with van der Waals surface area (Å²) < 4.78 is 5.36. The molecule has 1 aliphatic carbocycles. The Morgan fingerprint density at radius 2 is 2.25 bits per heavy atom. The third-order valence-corrected chi connectivity index (χ3v) is 5.16. The number of carbonyl (C=O) groups is 1. The van der Waals surface area contributed by atoms with E-state index in [1.807, 2.05) is 11.8 Å². The summed E-state index contributed by atoms with van der Waals surface area (Å²) in [7, 11) is 1.76. The largest absolute Gasteiger partial charge is 0.454 e. The highest BCUT2D eigenvalue weighted by Crippen LogP contribution is 2.28. The van der Waals surface area contributed by atoms with Crippen LogP contribution in [0, 0.1) is 0 Å². The summed E-state index contributed by atoms with van der Waals surface area (Å²) in [5.41, 5.74) is 5.18. The fourth-order valence-corrected chi connectivity index (χ4v) is 4.00. The van der Waals surface area contributed by atoms with E-state index in [0.717, 1.165) is 11.2 Å². The van der Waals surface area contributed by atoms with Crippen molar-refractivity contribution in [2.75, 3.05) is 12.8 Å². The van der Waals surface area contributed by atoms with Gasteiger partial charge in [-0.05, 0) is 37.1 Å². The first-order valence-corrected chi connectivity index (χ1v) is 9.14. The van der Waals surface area contributed by atoms with E-state index in [9.17, 15) is 4.79 Å². The number of hydrogen-bond donors (Lipinski definition) is 3. The first kappa shape index (κ1) is 21.1. The molecule has 2 unspecified atom stereocenters. The Balaban J connectivity index is 0.00000288. The van der Waals surface area contributed by atoms with E-state index in [1.54, 1.807) is 19.2 Å². The van der Waals surface area contributed by atoms with Gasteiger partial charge in [0, 0.05) is 18.3 Å². The van der Waals surface area contributed by atoms with E-state index in [4.69, 9.17) is 10.2 Å². The Hall–Kier alpha value is -0.900. The molecule has 0 aliphatic heterocycles. The van der Waals surface area contributed by atoms with Gasteiger partial charge in [-0.3, -0.25) is 9.79 Å². The van der Waals surface area contributed by atoms with Crippen LogP contribution in [0.3, 0.4) is 0 Å². The van der Waals surface area contributed by atoms with Crippen LogP contribution in [-0.2, 0) is 6.54 Å². The van der Waals surface area contributed by atoms with Gasteiger partial charge < -0.3 is 20.8 Å². The number of primary amides is 1. The summed E-state index contributed by atoms with van der Waals surface area (Å²) in [5.74, 6) is 2.21. The molecule has 0 bridgehead atoms. The van der Waals surface area contributed by atoms with Gasteiger partial charge in [0.25, 0.3) is 5.91 Å². The third kappa shape index (κ3) is 6.54. The van der Waals surface area contributed by atoms with Gasteiger partial charge in [-0.1, -0.05) is 13.3 Å². The number of halogens is 1. The zero-order valence-electron chi connectivity index (χ0n) is 14.2. The van der Waals surface area contributed by atoms with Gasteiger partial charge in [0.05, 0.1) is 6.54 Å². The molecule has 2 rings (SSSR count). The second-order valence-corrected chi connectivity index (χ2v) is 7.22. The van der Waals surface area contributed by atoms with Crippen molar-refractivity contribution in [2.45, 2.75) is 50.4 Å². The molecule has 1 aliphatic rings. The number of nitrogens with one attached hydrogen (secondary N) is 2. The van der Waals surface area contributed by atoms with E-state index in [2.05, 4.69) is 22.5 Å². The number of guanidine groups is 1. The maximum atomic E-state index is 11.0. The van der Waals surface area contributed by atoms with Crippen LogP contribution in [0.25, 0.3) is 0 Å². The summed E-state index contributed by atoms with van der Waals surface area (Å²) in [4.78, 5) is 15.3. The van der Waals surface area contributed by atoms with Crippen LogP contribution in [0.15, 0.2) is 21.5 Å². The van der Waals surface area contributed by atoms with E-state index in [-0.39, 0.29) is 29.7 Å². The zero-order valence-corrected chi connectivity index (χ0v) is 17.4. The molecule has 1 aromatic rings. The topological polar surface area (TPSA) is 92.6 Å². The Kier molecular flexibility index (Phi) is 9.57. The van der Waals surface area contributed by atoms with Crippen LogP contribution in [0.2, 0.25) is 0 Å². The van der Waals surface area contributed by atoms with Gasteiger partial charge in [0.15, 0.2) is 11.7 Å². The fraction of sp³-hybridized carbons (Fsp3) is 0.625. The lowest BCUT2D eigenvalue weighted by atomic mass is 9.95. The summed E-state index contributed by atoms with van der Waals surface area (Å²) >= 11 is 2.05. The normalized spacial score (nSPS) is 21.0. The highest BCUT2D eigenvalue weighted by Gasteiger charge is 2.22. The molecule has 1 amide bonds. The Morgan fingerprint density at radius 1 is 1.46 bits per heavy atom. The number of hydrogen-bond acceptors (Lipinski definition) is 4. The molecule has 1 heterocycles. The predicted octanol–water partition coefficient (Wildman–Crippen LogP) is 2.73. The summed E-state index contributed by atoms with van der Waals surface area (Å²) in [5, 5.41) is 7.45. The molecule has 6 nitrogen and oxygen atoms in total. The van der Waals surface area contributed by atoms with Crippen molar-refractivity contribution in [3.8, 4) is 0 Å². The molecule has 1 saturated carbocycles. The lowest BCUT2D eigenvalue weighted by molar-refractivity contribution is 0.0972. The van der Waals surface area contributed by atoms with Crippen LogP contribution >= 0.6 is 35.7 Å². The average Bonchev–Trinajstić information content (AvgIpc) is 3.01. The van der Waals surface area contributed by atoms with Crippen molar-refractivity contribution in [1.82, 2.24) is 10.6 Å². The SMILES string of the molecule is CCSC1CCCC(NC(=NC)NCc2ccc(C(N)=O)o2)C1.I. The highest BCUT2D eigenvalue weighted by atomic mass is 127. The number of nitrogens with two attached hydrogens (primary N) is 1. The monoisotopic (exact) mass is 466 g/mol. The standard InChI is InChI=1S/C16H26N4O2S.HI/c1-3-23-13-6-4-5-11(9-13)20-16(18-2)19-10-12-7-8-14(22-12)15(17)21;/h7-8,11,13H,3-6,9-10H2,1-2H3,(H2,17,21)(H2,18,19,20);1H. The molecule has 8 heteroatoms. The minimum Gasteiger partial charge on any atom is -0.454 e. The average molecular weight is 466 g/mol. The molecule has 136 valence electrons. The Labute approximate surface area is 164 Å². The zero-order chi connectivity index (χ0) is 16.7. The van der Waals surface area contributed by atoms with Crippen molar-refractivity contribution in [3.05, 3.63) is 23.7 Å². The van der Waals surface area contributed by atoms with Crippen LogP contribution in [0.5, 0.6) is 0 Å². The molecule has 0 radical (unpaired) electrons. The number of amides is 1. The van der Waals surface area contributed by atoms with E-state index in [0.29, 0.717) is 18.3 Å². The molecule has 0 aromatic carbocycles. The third-order valence-electron chi connectivity index (χ3n) is 3.93. The molecule has 1 aromatic heterocycles. The highest BCUT2D eigenvalue weighted by molar-refractivity contribution is 14.0. The minimum absolute atomic E-state index is 0. The molecular weight excluding hydrogens is 439 g/mol. The van der Waals surface area contributed by atoms with Crippen molar-refractivity contribution in [3.63, 3.8) is 0 Å². The summed E-state index contributed by atoms with van der Waals surface area (Å²) in [6, 6.07) is 3.79. The van der Waals surface area contributed by atoms with Crippen molar-refractivity contribution in [2.24, 2.45) is 10.7 Å². The summed E-state index contributed by atoms with van der Waals surface area (Å²) in [6.45, 7) is 2.68. The predicted molar refractivity (Wildman–Crippen MR) is 110 cm³/mol. The molecule has 0 spiro atoms. The Morgan fingerprint density at radius 3 is 2.88 bits per heavy atom. The van der Waals surface area contributed by atoms with Gasteiger partial charge in [-0.25, -0.2) is 0 Å². The lowest BCUT2D eigenvalue weighted by Gasteiger charge is -2.30. The molecule has 2 atom stereocenters. The molecule has 0 saturated heterocycles. The van der Waals surface area contributed by atoms with Crippen molar-refractivity contribution in [1.29, 1.82) is 0 Å². The smallest absolute Gasteiger partial charge is 0.284 e. The van der Waals surface area contributed by atoms with E-state index in [1.165, 1.54) is 31.4 Å². The lowest BCUT2D eigenvalue weighted by Crippen LogP contribution is -2.45. The number of nitrogens with zero attached hydrogens (tertiary/aromatic N) is 1. The number of rotatable bonds is 6. The number of carbonyl (C=O) groups excluding carboxylic acids is 1. The van der Waals surface area contributed by atoms with Gasteiger partial charge in [-0.15, -0.1) is 24.0 Å². The minimum atomic E-state index is -0.555. The van der Waals surface area contributed by atoms with Crippen LogP contribution in [-0.4, -0.2) is 36.0 Å². The number of furan rings is 1. The number of aliphatic imine (C=N–C) groups is 1. The van der Waals surface area contributed by atoms with Gasteiger partial charge in [0.2, 0.25) is 0 Å². The maximum absolute atomic E-state index is 11.0. The van der Waals surface area contributed by atoms with Gasteiger partial charge in [0.1, 0.15) is 5.76 Å². The van der Waals surface area contributed by atoms with Crippen LogP contribution in [0.4, 0.5) is 0 Å². The van der Waals surface area contributed by atoms with E-state index >= 15 is 0 Å². The van der Waals surface area contributed by atoms with Crippen molar-refractivity contribution >= 4 is 47.6 Å². The second kappa shape index (κ2) is 10.9. The first-order chi connectivity index (χ1) is 11.1. The van der Waals surface area contributed by atoms with E-state index < -0.39 is 5.91 Å². The molecule has 1 fully saturated rings. The fourth-order valence-electron chi connectivity index (χ4n) is 2.83. The van der Waals surface area contributed by atoms with Gasteiger partial charge in [-0.2, -0.15) is 11.8 Å². The quantitative estimate of drug-likeness (QED) is 0.341. The maximum Gasteiger partial charge on any atom is 0.284 e. The second-order valence-electron chi connectivity index (χ2n) is 5.64. The molecule has 24 heavy (non-hydrogen) atoms. The number of thioether (sulfide) groups is 1. The molecule has 4 N–H and O–H groups in total. The first-order valence-electron chi connectivity index (χ1n) is 8.09. The summed E-state index contributed by atoms with van der Waals surface area (Å²) in [6.07, 6.45) is 4.91.